The zero-order valence-corrected chi connectivity index (χ0v) is 16.8. The Bertz CT molecular complexity index is 728. The van der Waals surface area contributed by atoms with Crippen molar-refractivity contribution in [2.75, 3.05) is 19.6 Å². The molecule has 1 aliphatic heterocycles. The Morgan fingerprint density at radius 3 is 2.58 bits per heavy atom. The van der Waals surface area contributed by atoms with Gasteiger partial charge in [0.15, 0.2) is 0 Å². The number of carbonyl (C=O) groups excluding carboxylic acids is 1. The minimum Gasteiger partial charge on any atom is -0.348 e. The summed E-state index contributed by atoms with van der Waals surface area (Å²) in [5, 5.41) is 3.03. The van der Waals surface area contributed by atoms with E-state index in [1.807, 2.05) is 0 Å². The van der Waals surface area contributed by atoms with Gasteiger partial charge in [-0.1, -0.05) is 12.8 Å². The fourth-order valence-corrected chi connectivity index (χ4v) is 5.50. The molecule has 3 N–H and O–H groups in total. The summed E-state index contributed by atoms with van der Waals surface area (Å²) in [6, 6.07) is 1.57. The van der Waals surface area contributed by atoms with Gasteiger partial charge in [-0.15, -0.1) is 12.4 Å². The van der Waals surface area contributed by atoms with Crippen molar-refractivity contribution in [3.05, 3.63) is 18.0 Å². The summed E-state index contributed by atoms with van der Waals surface area (Å²) in [7, 11) is -1.82. The predicted molar refractivity (Wildman–Crippen MR) is 103 cm³/mol. The number of carbonyl (C=O) groups is 1. The molecular weight excluding hydrogens is 376 g/mol. The third-order valence-electron chi connectivity index (χ3n) is 5.44. The van der Waals surface area contributed by atoms with E-state index < -0.39 is 10.0 Å². The van der Waals surface area contributed by atoms with Gasteiger partial charge < -0.3 is 15.6 Å². The van der Waals surface area contributed by atoms with Gasteiger partial charge in [0.25, 0.3) is 5.91 Å². The summed E-state index contributed by atoms with van der Waals surface area (Å²) in [5.74, 6) is 0.0775. The van der Waals surface area contributed by atoms with Crippen molar-refractivity contribution in [2.24, 2.45) is 18.7 Å². The van der Waals surface area contributed by atoms with Crippen molar-refractivity contribution in [3.63, 3.8) is 0 Å². The smallest absolute Gasteiger partial charge is 0.268 e. The van der Waals surface area contributed by atoms with Crippen LogP contribution in [0.25, 0.3) is 0 Å². The normalized spacial score (nSPS) is 24.2. The van der Waals surface area contributed by atoms with E-state index in [-0.39, 0.29) is 29.3 Å². The van der Waals surface area contributed by atoms with Crippen LogP contribution < -0.4 is 11.1 Å². The van der Waals surface area contributed by atoms with Gasteiger partial charge in [0.05, 0.1) is 0 Å². The fourth-order valence-electron chi connectivity index (χ4n) is 3.91. The van der Waals surface area contributed by atoms with Crippen LogP contribution in [0.3, 0.4) is 0 Å². The molecule has 1 amide bonds. The van der Waals surface area contributed by atoms with Gasteiger partial charge in [-0.3, -0.25) is 4.79 Å². The molecule has 2 atom stereocenters. The number of aryl methyl sites for hydroxylation is 1. The standard InChI is InChI=1S/C17H28N4O3S.ClH/c1-20-12-14(25(23,24)21-8-3-2-4-9-21)10-16(20)17(22)19-15-7-5-6-13(15)11-18;/h10,12-13,15H,2-9,11,18H2,1H3,(H,19,22);1H. The second kappa shape index (κ2) is 8.73. The first-order chi connectivity index (χ1) is 11.9. The number of hydrogen-bond acceptors (Lipinski definition) is 4. The number of nitrogens with one attached hydrogen (secondary N) is 1. The summed E-state index contributed by atoms with van der Waals surface area (Å²) < 4.78 is 28.7. The largest absolute Gasteiger partial charge is 0.348 e. The van der Waals surface area contributed by atoms with Crippen LogP contribution in [0.5, 0.6) is 0 Å². The molecule has 1 aliphatic carbocycles. The topological polar surface area (TPSA) is 97.4 Å². The SMILES string of the molecule is Cl.Cn1cc(S(=O)(=O)N2CCCCC2)cc1C(=O)NC1CCCC1CN. The highest BCUT2D eigenvalue weighted by Crippen LogP contribution is 2.26. The number of sulfonamides is 1. The molecule has 2 fully saturated rings. The molecule has 2 heterocycles. The van der Waals surface area contributed by atoms with Crippen molar-refractivity contribution in [1.82, 2.24) is 14.2 Å². The summed E-state index contributed by atoms with van der Waals surface area (Å²) in [4.78, 5) is 12.8. The Kier molecular flexibility index (Phi) is 7.12. The lowest BCUT2D eigenvalue weighted by molar-refractivity contribution is 0.0920. The number of nitrogens with zero attached hydrogens (tertiary/aromatic N) is 2. The minimum absolute atomic E-state index is 0. The van der Waals surface area contributed by atoms with Gasteiger partial charge in [-0.25, -0.2) is 8.42 Å². The molecule has 3 rings (SSSR count). The molecule has 0 radical (unpaired) electrons. The van der Waals surface area contributed by atoms with Crippen LogP contribution >= 0.6 is 12.4 Å². The molecule has 26 heavy (non-hydrogen) atoms. The zero-order valence-electron chi connectivity index (χ0n) is 15.2. The lowest BCUT2D eigenvalue weighted by Crippen LogP contribution is -2.40. The van der Waals surface area contributed by atoms with Crippen molar-refractivity contribution >= 4 is 28.3 Å². The third-order valence-corrected chi connectivity index (χ3v) is 7.31. The number of rotatable bonds is 5. The molecule has 1 aromatic rings. The average molecular weight is 405 g/mol. The number of hydrogen-bond donors (Lipinski definition) is 2. The van der Waals surface area contributed by atoms with Crippen molar-refractivity contribution in [1.29, 1.82) is 0 Å². The maximum atomic E-state index is 12.8. The Hall–Kier alpha value is -1.09. The number of piperidine rings is 1. The summed E-state index contributed by atoms with van der Waals surface area (Å²) in [6.45, 7) is 1.67. The van der Waals surface area contributed by atoms with Crippen LogP contribution in [-0.2, 0) is 17.1 Å². The first-order valence-electron chi connectivity index (χ1n) is 9.11. The first kappa shape index (κ1) is 21.2. The molecule has 148 valence electrons. The van der Waals surface area contributed by atoms with Gasteiger partial charge >= 0.3 is 0 Å². The fraction of sp³-hybridized carbons (Fsp3) is 0.706. The Morgan fingerprint density at radius 1 is 1.23 bits per heavy atom. The Labute approximate surface area is 161 Å². The van der Waals surface area contributed by atoms with E-state index in [0.29, 0.717) is 31.2 Å². The molecule has 7 nitrogen and oxygen atoms in total. The van der Waals surface area contributed by atoms with E-state index in [0.717, 1.165) is 38.5 Å². The average Bonchev–Trinajstić information content (AvgIpc) is 3.22. The third kappa shape index (κ3) is 4.24. The molecule has 1 saturated heterocycles. The van der Waals surface area contributed by atoms with Crippen LogP contribution in [0.1, 0.15) is 49.0 Å². The minimum atomic E-state index is -3.53. The number of aromatic nitrogens is 1. The maximum Gasteiger partial charge on any atom is 0.268 e. The van der Waals surface area contributed by atoms with E-state index >= 15 is 0 Å². The van der Waals surface area contributed by atoms with Crippen molar-refractivity contribution in [3.8, 4) is 0 Å². The van der Waals surface area contributed by atoms with Gasteiger partial charge in [0, 0.05) is 32.4 Å². The van der Waals surface area contributed by atoms with Crippen LogP contribution in [0.2, 0.25) is 0 Å². The highest BCUT2D eigenvalue weighted by molar-refractivity contribution is 7.89. The number of amides is 1. The molecule has 0 aromatic carbocycles. The molecule has 0 spiro atoms. The summed E-state index contributed by atoms with van der Waals surface area (Å²) >= 11 is 0. The molecule has 9 heteroatoms. The number of halogens is 1. The van der Waals surface area contributed by atoms with E-state index in [1.54, 1.807) is 11.6 Å². The van der Waals surface area contributed by atoms with E-state index in [2.05, 4.69) is 5.32 Å². The van der Waals surface area contributed by atoms with Crippen LogP contribution in [0.15, 0.2) is 17.2 Å². The van der Waals surface area contributed by atoms with Gasteiger partial charge in [0.2, 0.25) is 10.0 Å². The summed E-state index contributed by atoms with van der Waals surface area (Å²) in [5.41, 5.74) is 6.14. The highest BCUT2D eigenvalue weighted by Gasteiger charge is 2.31. The Balaban J connectivity index is 0.00000243. The molecule has 2 aliphatic rings. The van der Waals surface area contributed by atoms with Gasteiger partial charge in [-0.05, 0) is 44.2 Å². The van der Waals surface area contributed by atoms with Crippen molar-refractivity contribution in [2.45, 2.75) is 49.5 Å². The molecule has 0 bridgehead atoms. The quantitative estimate of drug-likeness (QED) is 0.776. The molecule has 2 unspecified atom stereocenters. The monoisotopic (exact) mass is 404 g/mol. The predicted octanol–water partition coefficient (Wildman–Crippen LogP) is 1.48. The van der Waals surface area contributed by atoms with Crippen molar-refractivity contribution < 1.29 is 13.2 Å². The lowest BCUT2D eigenvalue weighted by Gasteiger charge is -2.25. The highest BCUT2D eigenvalue weighted by atomic mass is 35.5. The first-order valence-corrected chi connectivity index (χ1v) is 10.5. The van der Waals surface area contributed by atoms with Gasteiger partial charge in [0.1, 0.15) is 10.6 Å². The Morgan fingerprint density at radius 2 is 1.92 bits per heavy atom. The summed E-state index contributed by atoms with van der Waals surface area (Å²) in [6.07, 6.45) is 7.41. The van der Waals surface area contributed by atoms with Gasteiger partial charge in [-0.2, -0.15) is 4.31 Å². The van der Waals surface area contributed by atoms with Crippen LogP contribution in [0, 0.1) is 5.92 Å². The second-order valence-electron chi connectivity index (χ2n) is 7.14. The van der Waals surface area contributed by atoms with E-state index in [4.69, 9.17) is 5.73 Å². The van der Waals surface area contributed by atoms with E-state index in [1.165, 1.54) is 16.6 Å². The van der Waals surface area contributed by atoms with E-state index in [9.17, 15) is 13.2 Å². The van der Waals surface area contributed by atoms with Crippen LogP contribution in [-0.4, -0.2) is 48.9 Å². The van der Waals surface area contributed by atoms with Crippen LogP contribution in [0.4, 0.5) is 0 Å². The molecule has 1 aromatic heterocycles. The lowest BCUT2D eigenvalue weighted by atomic mass is 10.0. The number of nitrogens with two attached hydrogens (primary N) is 1. The second-order valence-corrected chi connectivity index (χ2v) is 9.08. The molecular formula is C17H29ClN4O3S. The molecule has 1 saturated carbocycles. The zero-order chi connectivity index (χ0) is 18.0. The maximum absolute atomic E-state index is 12.8.